The van der Waals surface area contributed by atoms with Gasteiger partial charge in [-0.2, -0.15) is 5.10 Å². The van der Waals surface area contributed by atoms with Crippen LogP contribution < -0.4 is 5.43 Å². The first kappa shape index (κ1) is 17.3. The summed E-state index contributed by atoms with van der Waals surface area (Å²) in [7, 11) is 0. The minimum atomic E-state index is -0.506. The van der Waals surface area contributed by atoms with Crippen molar-refractivity contribution in [1.29, 1.82) is 0 Å². The molecule has 124 valence electrons. The average molecular weight is 325 g/mol. The van der Waals surface area contributed by atoms with Crippen LogP contribution in [-0.4, -0.2) is 17.0 Å². The van der Waals surface area contributed by atoms with Crippen molar-refractivity contribution in [2.45, 2.75) is 27.7 Å². The summed E-state index contributed by atoms with van der Waals surface area (Å²) in [6, 6.07) is 8.32. The summed E-state index contributed by atoms with van der Waals surface area (Å²) in [6.07, 6.45) is 1.58. The molecule has 0 unspecified atom stereocenters. The van der Waals surface area contributed by atoms with Crippen LogP contribution >= 0.6 is 0 Å². The van der Waals surface area contributed by atoms with Crippen LogP contribution in [0, 0.1) is 37.8 Å². The Morgan fingerprint density at radius 2 is 1.79 bits per heavy atom. The van der Waals surface area contributed by atoms with Crippen molar-refractivity contribution in [3.05, 3.63) is 73.8 Å². The molecular weight excluding hydrogens is 306 g/mol. The van der Waals surface area contributed by atoms with Crippen molar-refractivity contribution in [1.82, 2.24) is 5.43 Å². The molecule has 0 saturated carbocycles. The van der Waals surface area contributed by atoms with Crippen LogP contribution in [0.25, 0.3) is 0 Å². The van der Waals surface area contributed by atoms with Crippen LogP contribution in [0.4, 0.5) is 5.69 Å². The summed E-state index contributed by atoms with van der Waals surface area (Å²) >= 11 is 0. The van der Waals surface area contributed by atoms with Gasteiger partial charge in [0, 0.05) is 11.6 Å². The molecular formula is C18H19N3O3. The third-order valence-corrected chi connectivity index (χ3v) is 4.22. The van der Waals surface area contributed by atoms with Crippen molar-refractivity contribution in [2.75, 3.05) is 0 Å². The maximum absolute atomic E-state index is 12.2. The van der Waals surface area contributed by atoms with Crippen LogP contribution in [0.3, 0.4) is 0 Å². The van der Waals surface area contributed by atoms with Gasteiger partial charge in [0.1, 0.15) is 0 Å². The molecule has 0 radical (unpaired) electrons. The molecule has 0 aliphatic carbocycles. The maximum atomic E-state index is 12.2. The number of nitro benzene ring substituents is 1. The number of carbonyl (C=O) groups is 1. The highest BCUT2D eigenvalue weighted by atomic mass is 16.6. The Hall–Kier alpha value is -3.02. The molecule has 0 atom stereocenters. The lowest BCUT2D eigenvalue weighted by atomic mass is 10.00. The predicted molar refractivity (Wildman–Crippen MR) is 93.5 cm³/mol. The van der Waals surface area contributed by atoms with Gasteiger partial charge in [0.15, 0.2) is 0 Å². The van der Waals surface area contributed by atoms with Gasteiger partial charge in [-0.05, 0) is 56.0 Å². The Labute approximate surface area is 140 Å². The smallest absolute Gasteiger partial charge is 0.267 e. The zero-order chi connectivity index (χ0) is 17.9. The number of carbonyl (C=O) groups excluding carboxylic acids is 1. The molecule has 0 heterocycles. The van der Waals surface area contributed by atoms with Gasteiger partial charge in [0.2, 0.25) is 0 Å². The van der Waals surface area contributed by atoms with Gasteiger partial charge in [0.25, 0.3) is 11.6 Å². The fourth-order valence-corrected chi connectivity index (χ4v) is 2.40. The molecule has 1 N–H and O–H groups in total. The largest absolute Gasteiger partial charge is 0.273 e. The van der Waals surface area contributed by atoms with Crippen LogP contribution in [0.1, 0.15) is 38.2 Å². The Balaban J connectivity index is 2.19. The molecule has 24 heavy (non-hydrogen) atoms. The molecule has 0 fully saturated rings. The molecule has 6 heteroatoms. The molecule has 0 spiro atoms. The predicted octanol–water partition coefficient (Wildman–Crippen LogP) is 3.59. The monoisotopic (exact) mass is 325 g/mol. The lowest BCUT2D eigenvalue weighted by Crippen LogP contribution is -2.19. The Morgan fingerprint density at radius 1 is 1.08 bits per heavy atom. The SMILES string of the molecule is Cc1ccc(/C=N/NC(=O)c2cccc([N+](=O)[O-])c2C)c(C)c1C. The topological polar surface area (TPSA) is 84.6 Å². The van der Waals surface area contributed by atoms with E-state index in [0.717, 1.165) is 11.1 Å². The second-order valence-electron chi connectivity index (χ2n) is 5.63. The van der Waals surface area contributed by atoms with Gasteiger partial charge in [-0.25, -0.2) is 5.43 Å². The molecule has 2 rings (SSSR count). The maximum Gasteiger partial charge on any atom is 0.273 e. The van der Waals surface area contributed by atoms with Crippen molar-refractivity contribution in [2.24, 2.45) is 5.10 Å². The van der Waals surface area contributed by atoms with E-state index < -0.39 is 10.8 Å². The van der Waals surface area contributed by atoms with E-state index >= 15 is 0 Å². The molecule has 1 amide bonds. The fraction of sp³-hybridized carbons (Fsp3) is 0.222. The van der Waals surface area contributed by atoms with E-state index in [-0.39, 0.29) is 11.3 Å². The highest BCUT2D eigenvalue weighted by molar-refractivity contribution is 5.97. The Bertz CT molecular complexity index is 842. The lowest BCUT2D eigenvalue weighted by molar-refractivity contribution is -0.385. The van der Waals surface area contributed by atoms with Crippen molar-refractivity contribution in [3.63, 3.8) is 0 Å². The molecule has 0 aliphatic rings. The van der Waals surface area contributed by atoms with E-state index in [9.17, 15) is 14.9 Å². The number of hydrogen-bond acceptors (Lipinski definition) is 4. The van der Waals surface area contributed by atoms with E-state index in [4.69, 9.17) is 0 Å². The van der Waals surface area contributed by atoms with Crippen LogP contribution in [-0.2, 0) is 0 Å². The highest BCUT2D eigenvalue weighted by Gasteiger charge is 2.17. The number of amides is 1. The number of rotatable bonds is 4. The minimum Gasteiger partial charge on any atom is -0.267 e. The second kappa shape index (κ2) is 7.04. The Kier molecular flexibility index (Phi) is 5.08. The van der Waals surface area contributed by atoms with Gasteiger partial charge in [-0.1, -0.05) is 18.2 Å². The summed E-state index contributed by atoms with van der Waals surface area (Å²) in [6.45, 7) is 7.61. The number of hydrogen-bond donors (Lipinski definition) is 1. The van der Waals surface area contributed by atoms with Crippen LogP contribution in [0.2, 0.25) is 0 Å². The number of nitrogens with zero attached hydrogens (tertiary/aromatic N) is 2. The Morgan fingerprint density at radius 3 is 2.46 bits per heavy atom. The first-order chi connectivity index (χ1) is 11.3. The van der Waals surface area contributed by atoms with E-state index in [2.05, 4.69) is 10.5 Å². The zero-order valence-corrected chi connectivity index (χ0v) is 14.1. The summed E-state index contributed by atoms with van der Waals surface area (Å²) in [4.78, 5) is 22.6. The van der Waals surface area contributed by atoms with Gasteiger partial charge in [-0.3, -0.25) is 14.9 Å². The first-order valence-corrected chi connectivity index (χ1v) is 7.47. The standard InChI is InChI=1S/C18H19N3O3/c1-11-8-9-15(13(3)12(11)2)10-19-20-18(22)16-6-5-7-17(14(16)4)21(23)24/h5-10H,1-4H3,(H,20,22)/b19-10+. The summed E-state index contributed by atoms with van der Waals surface area (Å²) in [5.41, 5.74) is 7.27. The summed E-state index contributed by atoms with van der Waals surface area (Å²) in [5, 5.41) is 14.9. The lowest BCUT2D eigenvalue weighted by Gasteiger charge is -2.08. The highest BCUT2D eigenvalue weighted by Crippen LogP contribution is 2.21. The summed E-state index contributed by atoms with van der Waals surface area (Å²) in [5.74, 6) is -0.478. The molecule has 6 nitrogen and oxygen atoms in total. The summed E-state index contributed by atoms with van der Waals surface area (Å²) < 4.78 is 0. The van der Waals surface area contributed by atoms with Gasteiger partial charge in [-0.15, -0.1) is 0 Å². The van der Waals surface area contributed by atoms with E-state index in [0.29, 0.717) is 5.56 Å². The van der Waals surface area contributed by atoms with E-state index in [1.165, 1.54) is 29.3 Å². The molecule has 0 aliphatic heterocycles. The van der Waals surface area contributed by atoms with E-state index in [1.54, 1.807) is 13.1 Å². The normalized spacial score (nSPS) is 10.8. The van der Waals surface area contributed by atoms with Crippen molar-refractivity contribution < 1.29 is 9.72 Å². The quantitative estimate of drug-likeness (QED) is 0.529. The van der Waals surface area contributed by atoms with E-state index in [1.807, 2.05) is 32.9 Å². The average Bonchev–Trinajstić information content (AvgIpc) is 2.54. The number of aryl methyl sites for hydroxylation is 1. The van der Waals surface area contributed by atoms with Crippen molar-refractivity contribution >= 4 is 17.8 Å². The number of nitro groups is 1. The molecule has 2 aromatic rings. The zero-order valence-electron chi connectivity index (χ0n) is 14.1. The van der Waals surface area contributed by atoms with Gasteiger partial charge in [0.05, 0.1) is 16.7 Å². The molecule has 0 bridgehead atoms. The molecule has 2 aromatic carbocycles. The van der Waals surface area contributed by atoms with Gasteiger partial charge < -0.3 is 0 Å². The number of hydrazone groups is 1. The second-order valence-corrected chi connectivity index (χ2v) is 5.63. The third kappa shape index (κ3) is 3.48. The molecule has 0 saturated heterocycles. The third-order valence-electron chi connectivity index (χ3n) is 4.22. The number of nitrogens with one attached hydrogen (secondary N) is 1. The van der Waals surface area contributed by atoms with Crippen LogP contribution in [0.15, 0.2) is 35.4 Å². The fourth-order valence-electron chi connectivity index (χ4n) is 2.40. The minimum absolute atomic E-state index is 0.0865. The first-order valence-electron chi connectivity index (χ1n) is 7.47. The number of benzene rings is 2. The van der Waals surface area contributed by atoms with Crippen molar-refractivity contribution in [3.8, 4) is 0 Å². The van der Waals surface area contributed by atoms with Crippen LogP contribution in [0.5, 0.6) is 0 Å². The van der Waals surface area contributed by atoms with Gasteiger partial charge >= 0.3 is 0 Å². The molecule has 0 aromatic heterocycles.